The molecule has 0 radical (unpaired) electrons. The summed E-state index contributed by atoms with van der Waals surface area (Å²) in [6.45, 7) is 3.05. The SMILES string of the molecule is CCCCCCCCCCCC(O)NCCCCC(N)O. The van der Waals surface area contributed by atoms with Crippen LogP contribution in [-0.4, -0.2) is 29.2 Å². The molecule has 0 aliphatic rings. The summed E-state index contributed by atoms with van der Waals surface area (Å²) >= 11 is 0. The summed E-state index contributed by atoms with van der Waals surface area (Å²) in [5.41, 5.74) is 5.26. The third kappa shape index (κ3) is 17.8. The van der Waals surface area contributed by atoms with Crippen LogP contribution in [0.3, 0.4) is 0 Å². The number of unbranched alkanes of at least 4 members (excludes halogenated alkanes) is 9. The molecule has 0 bridgehead atoms. The molecule has 0 aliphatic heterocycles. The Balaban J connectivity index is 3.14. The fourth-order valence-electron chi connectivity index (χ4n) is 2.50. The number of nitrogens with two attached hydrogens (primary N) is 1. The fraction of sp³-hybridized carbons (Fsp3) is 1.00. The van der Waals surface area contributed by atoms with E-state index >= 15 is 0 Å². The van der Waals surface area contributed by atoms with Gasteiger partial charge in [-0.2, -0.15) is 0 Å². The van der Waals surface area contributed by atoms with E-state index in [4.69, 9.17) is 10.8 Å². The standard InChI is InChI=1S/C17H38N2O2/c1-2-3-4-5-6-7-8-9-10-14-17(21)19-15-12-11-13-16(18)20/h16-17,19-21H,2-15,18H2,1H3. The van der Waals surface area contributed by atoms with Crippen molar-refractivity contribution >= 4 is 0 Å². The average molecular weight is 303 g/mol. The van der Waals surface area contributed by atoms with Crippen LogP contribution in [0.4, 0.5) is 0 Å². The topological polar surface area (TPSA) is 78.5 Å². The summed E-state index contributed by atoms with van der Waals surface area (Å²) in [6, 6.07) is 0. The van der Waals surface area contributed by atoms with Crippen LogP contribution in [0.25, 0.3) is 0 Å². The van der Waals surface area contributed by atoms with Crippen molar-refractivity contribution in [2.75, 3.05) is 6.54 Å². The zero-order valence-electron chi connectivity index (χ0n) is 14.0. The highest BCUT2D eigenvalue weighted by atomic mass is 16.3. The molecule has 0 aromatic rings. The van der Waals surface area contributed by atoms with Crippen molar-refractivity contribution in [1.82, 2.24) is 5.32 Å². The molecule has 0 fully saturated rings. The van der Waals surface area contributed by atoms with E-state index in [1.807, 2.05) is 0 Å². The van der Waals surface area contributed by atoms with Gasteiger partial charge in [0.25, 0.3) is 0 Å². The van der Waals surface area contributed by atoms with Crippen molar-refractivity contribution < 1.29 is 10.2 Å². The molecule has 21 heavy (non-hydrogen) atoms. The monoisotopic (exact) mass is 302 g/mol. The van der Waals surface area contributed by atoms with Gasteiger partial charge in [0.05, 0.1) is 0 Å². The Morgan fingerprint density at radius 1 is 0.762 bits per heavy atom. The van der Waals surface area contributed by atoms with E-state index in [2.05, 4.69) is 12.2 Å². The van der Waals surface area contributed by atoms with Gasteiger partial charge in [0.2, 0.25) is 0 Å². The van der Waals surface area contributed by atoms with Crippen LogP contribution in [0.5, 0.6) is 0 Å². The molecule has 2 atom stereocenters. The van der Waals surface area contributed by atoms with Gasteiger partial charge in [-0.25, -0.2) is 0 Å². The predicted octanol–water partition coefficient (Wildman–Crippen LogP) is 3.26. The maximum Gasteiger partial charge on any atom is 0.104 e. The predicted molar refractivity (Wildman–Crippen MR) is 89.9 cm³/mol. The summed E-state index contributed by atoms with van der Waals surface area (Å²) in [7, 11) is 0. The third-order valence-electron chi connectivity index (χ3n) is 3.89. The van der Waals surface area contributed by atoms with Crippen molar-refractivity contribution in [2.24, 2.45) is 5.73 Å². The molecule has 0 saturated heterocycles. The van der Waals surface area contributed by atoms with Crippen LogP contribution in [-0.2, 0) is 0 Å². The molecule has 5 N–H and O–H groups in total. The molecule has 0 aromatic heterocycles. The number of rotatable bonds is 16. The molecular weight excluding hydrogens is 264 g/mol. The van der Waals surface area contributed by atoms with E-state index in [1.165, 1.54) is 51.4 Å². The Morgan fingerprint density at radius 3 is 1.86 bits per heavy atom. The van der Waals surface area contributed by atoms with Gasteiger partial charge in [-0.05, 0) is 38.6 Å². The lowest BCUT2D eigenvalue weighted by molar-refractivity contribution is 0.122. The zero-order chi connectivity index (χ0) is 15.8. The molecule has 4 nitrogen and oxygen atoms in total. The van der Waals surface area contributed by atoms with Crippen molar-refractivity contribution in [2.45, 2.75) is 103 Å². The third-order valence-corrected chi connectivity index (χ3v) is 3.89. The van der Waals surface area contributed by atoms with Crippen LogP contribution < -0.4 is 11.1 Å². The minimum Gasteiger partial charge on any atom is -0.379 e. The largest absolute Gasteiger partial charge is 0.379 e. The van der Waals surface area contributed by atoms with Gasteiger partial charge in [0.15, 0.2) is 0 Å². The van der Waals surface area contributed by atoms with Crippen LogP contribution in [0.15, 0.2) is 0 Å². The van der Waals surface area contributed by atoms with Crippen molar-refractivity contribution in [3.05, 3.63) is 0 Å². The molecule has 0 rings (SSSR count). The quantitative estimate of drug-likeness (QED) is 0.261. The van der Waals surface area contributed by atoms with Gasteiger partial charge in [0, 0.05) is 0 Å². The number of aliphatic hydroxyl groups excluding tert-OH is 2. The van der Waals surface area contributed by atoms with Crippen LogP contribution in [0, 0.1) is 0 Å². The van der Waals surface area contributed by atoms with E-state index in [1.54, 1.807) is 0 Å². The van der Waals surface area contributed by atoms with Crippen LogP contribution >= 0.6 is 0 Å². The normalized spacial score (nSPS) is 14.3. The fourth-order valence-corrected chi connectivity index (χ4v) is 2.50. The Kier molecular flexibility index (Phi) is 16.1. The minimum absolute atomic E-state index is 0.377. The van der Waals surface area contributed by atoms with E-state index in [0.717, 1.165) is 32.2 Å². The first kappa shape index (κ1) is 20.8. The Bertz CT molecular complexity index is 201. The molecule has 0 aliphatic carbocycles. The maximum absolute atomic E-state index is 9.77. The molecule has 2 unspecified atom stereocenters. The lowest BCUT2D eigenvalue weighted by atomic mass is 10.1. The van der Waals surface area contributed by atoms with Gasteiger partial charge < -0.3 is 15.9 Å². The van der Waals surface area contributed by atoms with Gasteiger partial charge >= 0.3 is 0 Å². The average Bonchev–Trinajstić information content (AvgIpc) is 2.45. The summed E-state index contributed by atoms with van der Waals surface area (Å²) in [6.07, 6.45) is 14.1. The first-order chi connectivity index (χ1) is 10.2. The number of hydrogen-bond donors (Lipinski definition) is 4. The molecule has 0 spiro atoms. The van der Waals surface area contributed by atoms with Crippen molar-refractivity contribution in [3.63, 3.8) is 0 Å². The Morgan fingerprint density at radius 2 is 1.29 bits per heavy atom. The Labute approximate surface area is 131 Å². The number of hydrogen-bond acceptors (Lipinski definition) is 4. The van der Waals surface area contributed by atoms with E-state index in [0.29, 0.717) is 6.42 Å². The van der Waals surface area contributed by atoms with Gasteiger partial charge in [-0.1, -0.05) is 58.3 Å². The molecule has 0 heterocycles. The Hall–Kier alpha value is -0.160. The van der Waals surface area contributed by atoms with Crippen molar-refractivity contribution in [3.8, 4) is 0 Å². The molecule has 0 saturated carbocycles. The minimum atomic E-state index is -0.697. The lowest BCUT2D eigenvalue weighted by Crippen LogP contribution is -2.29. The van der Waals surface area contributed by atoms with E-state index < -0.39 is 6.23 Å². The highest BCUT2D eigenvalue weighted by Gasteiger charge is 2.02. The van der Waals surface area contributed by atoms with Gasteiger partial charge in [0.1, 0.15) is 12.5 Å². The highest BCUT2D eigenvalue weighted by Crippen LogP contribution is 2.11. The number of aliphatic hydroxyl groups is 2. The molecular formula is C17H38N2O2. The summed E-state index contributed by atoms with van der Waals surface area (Å²) in [4.78, 5) is 0. The van der Waals surface area contributed by atoms with E-state index in [-0.39, 0.29) is 6.23 Å². The highest BCUT2D eigenvalue weighted by molar-refractivity contribution is 4.56. The maximum atomic E-state index is 9.77. The second kappa shape index (κ2) is 16.2. The molecule has 4 heteroatoms. The lowest BCUT2D eigenvalue weighted by Gasteiger charge is -2.12. The summed E-state index contributed by atoms with van der Waals surface area (Å²) in [5, 5.41) is 21.8. The molecule has 0 amide bonds. The zero-order valence-corrected chi connectivity index (χ0v) is 14.0. The first-order valence-electron chi connectivity index (χ1n) is 9.02. The van der Waals surface area contributed by atoms with Gasteiger partial charge in [-0.15, -0.1) is 0 Å². The smallest absolute Gasteiger partial charge is 0.104 e. The summed E-state index contributed by atoms with van der Waals surface area (Å²) in [5.74, 6) is 0. The summed E-state index contributed by atoms with van der Waals surface area (Å²) < 4.78 is 0. The second-order valence-corrected chi connectivity index (χ2v) is 6.15. The van der Waals surface area contributed by atoms with Gasteiger partial charge in [-0.3, -0.25) is 5.32 Å². The number of nitrogens with one attached hydrogen (secondary N) is 1. The second-order valence-electron chi connectivity index (χ2n) is 6.15. The van der Waals surface area contributed by atoms with Crippen LogP contribution in [0.1, 0.15) is 90.4 Å². The van der Waals surface area contributed by atoms with Crippen molar-refractivity contribution in [1.29, 1.82) is 0 Å². The molecule has 128 valence electrons. The first-order valence-corrected chi connectivity index (χ1v) is 9.02. The van der Waals surface area contributed by atoms with E-state index in [9.17, 15) is 5.11 Å². The van der Waals surface area contributed by atoms with Crippen LogP contribution in [0.2, 0.25) is 0 Å². The molecule has 0 aromatic carbocycles.